The molecule has 0 aliphatic carbocycles. The lowest BCUT2D eigenvalue weighted by atomic mass is 9.86. The Morgan fingerprint density at radius 1 is 1.16 bits per heavy atom. The topological polar surface area (TPSA) is 126 Å². The highest BCUT2D eigenvalue weighted by molar-refractivity contribution is 7.92. The van der Waals surface area contributed by atoms with E-state index in [9.17, 15) is 13.2 Å². The van der Waals surface area contributed by atoms with Gasteiger partial charge in [0.2, 0.25) is 10.0 Å². The van der Waals surface area contributed by atoms with Gasteiger partial charge in [-0.25, -0.2) is 13.4 Å². The third kappa shape index (κ3) is 5.93. The van der Waals surface area contributed by atoms with E-state index in [4.69, 9.17) is 9.15 Å². The Hall–Kier alpha value is -3.86. The number of amides is 1. The Balaban J connectivity index is 1.65. The van der Waals surface area contributed by atoms with E-state index >= 15 is 0 Å². The molecular weight excluding hydrogens is 494 g/mol. The van der Waals surface area contributed by atoms with Gasteiger partial charge in [-0.15, -0.1) is 0 Å². The van der Waals surface area contributed by atoms with E-state index in [0.717, 1.165) is 28.6 Å². The van der Waals surface area contributed by atoms with Gasteiger partial charge in [-0.2, -0.15) is 5.11 Å². The molecule has 2 aromatic carbocycles. The maximum atomic E-state index is 13.4. The Kier molecular flexibility index (Phi) is 7.00. The van der Waals surface area contributed by atoms with Crippen molar-refractivity contribution >= 4 is 33.0 Å². The number of hydrogen-bond acceptors (Lipinski definition) is 8. The summed E-state index contributed by atoms with van der Waals surface area (Å²) in [7, 11) is -2.16. The number of anilines is 3. The van der Waals surface area contributed by atoms with Crippen LogP contribution in [0.1, 0.15) is 53.9 Å². The average molecular weight is 526 g/mol. The Morgan fingerprint density at radius 2 is 1.89 bits per heavy atom. The van der Waals surface area contributed by atoms with Crippen molar-refractivity contribution in [2.45, 2.75) is 39.2 Å². The van der Waals surface area contributed by atoms with Gasteiger partial charge >= 0.3 is 0 Å². The third-order valence-corrected chi connectivity index (χ3v) is 6.62. The van der Waals surface area contributed by atoms with Crippen LogP contribution < -0.4 is 19.8 Å². The highest BCUT2D eigenvalue weighted by Crippen LogP contribution is 2.39. The molecule has 4 rings (SSSR count). The van der Waals surface area contributed by atoms with Gasteiger partial charge in [0.15, 0.2) is 5.75 Å². The lowest BCUT2D eigenvalue weighted by molar-refractivity contribution is 0.102. The van der Waals surface area contributed by atoms with Crippen molar-refractivity contribution < 1.29 is 22.4 Å². The molecule has 1 aliphatic rings. The second kappa shape index (κ2) is 9.89. The quantitative estimate of drug-likeness (QED) is 0.423. The Labute approximate surface area is 216 Å². The molecule has 1 aromatic heterocycles. The second-order valence-corrected chi connectivity index (χ2v) is 11.8. The van der Waals surface area contributed by atoms with Gasteiger partial charge in [0.25, 0.3) is 5.91 Å². The minimum Gasteiger partial charge on any atom is -0.492 e. The summed E-state index contributed by atoms with van der Waals surface area (Å²) in [5.41, 5.74) is 4.15. The minimum absolute atomic E-state index is 0.152. The maximum Gasteiger partial charge on any atom is 0.255 e. The van der Waals surface area contributed by atoms with Crippen LogP contribution in [0.15, 0.2) is 63.7 Å². The molecule has 11 heteroatoms. The fraction of sp³-hybridized carbons (Fsp3) is 0.346. The van der Waals surface area contributed by atoms with Gasteiger partial charge in [0.1, 0.15) is 6.04 Å². The molecule has 2 N–H and O–H groups in total. The van der Waals surface area contributed by atoms with Gasteiger partial charge in [0, 0.05) is 11.1 Å². The summed E-state index contributed by atoms with van der Waals surface area (Å²) in [6, 6.07) is 10.6. The number of carbonyl (C=O) groups is 1. The summed E-state index contributed by atoms with van der Waals surface area (Å²) in [6.07, 6.45) is 4.31. The number of nitrogens with one attached hydrogen (secondary N) is 2. The van der Waals surface area contributed by atoms with E-state index in [1.807, 2.05) is 39.8 Å². The molecule has 1 atom stereocenters. The third-order valence-electron chi connectivity index (χ3n) is 6.02. The fourth-order valence-corrected chi connectivity index (χ4v) is 4.57. The lowest BCUT2D eigenvalue weighted by Gasteiger charge is -2.24. The lowest BCUT2D eigenvalue weighted by Crippen LogP contribution is -2.20. The number of rotatable bonds is 7. The SMILES string of the molecule is COc1c(NC(=O)c2ccc(C)c(N3CC(c4ccoc4)N=N3)c2)cc(C(C)(C)C)cc1NS(C)(=O)=O. The maximum absolute atomic E-state index is 13.4. The molecule has 2 heterocycles. The molecule has 0 fully saturated rings. The van der Waals surface area contributed by atoms with Crippen LogP contribution in [0.3, 0.4) is 0 Å². The van der Waals surface area contributed by atoms with Crippen LogP contribution in [0.4, 0.5) is 17.1 Å². The first-order valence-electron chi connectivity index (χ1n) is 11.7. The Bertz CT molecular complexity index is 1440. The van der Waals surface area contributed by atoms with Crippen molar-refractivity contribution in [2.24, 2.45) is 10.3 Å². The summed E-state index contributed by atoms with van der Waals surface area (Å²) in [4.78, 5) is 13.4. The first-order chi connectivity index (χ1) is 17.4. The molecule has 1 aliphatic heterocycles. The smallest absolute Gasteiger partial charge is 0.255 e. The molecule has 0 bridgehead atoms. The molecule has 0 radical (unpaired) electrons. The van der Waals surface area contributed by atoms with Crippen molar-refractivity contribution in [3.8, 4) is 5.75 Å². The molecule has 1 amide bonds. The zero-order chi connectivity index (χ0) is 27.0. The summed E-state index contributed by atoms with van der Waals surface area (Å²) in [5.74, 6) is -0.158. The van der Waals surface area contributed by atoms with E-state index in [1.54, 1.807) is 41.8 Å². The van der Waals surface area contributed by atoms with Crippen LogP contribution in [0, 0.1) is 6.92 Å². The number of methoxy groups -OCH3 is 1. The normalized spacial score (nSPS) is 15.6. The zero-order valence-corrected chi connectivity index (χ0v) is 22.5. The van der Waals surface area contributed by atoms with Crippen LogP contribution in [0.25, 0.3) is 0 Å². The highest BCUT2D eigenvalue weighted by atomic mass is 32.2. The van der Waals surface area contributed by atoms with Gasteiger partial charge in [-0.05, 0) is 53.8 Å². The standard InChI is InChI=1S/C26H31N5O5S/c1-16-7-8-17(11-23(16)31-14-22(28-30-31)18-9-10-36-15-18)25(32)27-20-12-19(26(2,3)4)13-21(24(20)35-5)29-37(6,33)34/h7-13,15,22,29H,14H2,1-6H3,(H,27,32). The predicted octanol–water partition coefficient (Wildman–Crippen LogP) is 5.45. The molecule has 196 valence electrons. The van der Waals surface area contributed by atoms with Gasteiger partial charge in [-0.3, -0.25) is 9.52 Å². The number of aryl methyl sites for hydroxylation is 1. The molecule has 0 saturated heterocycles. The number of hydrogen-bond donors (Lipinski definition) is 2. The van der Waals surface area contributed by atoms with Gasteiger partial charge in [-0.1, -0.05) is 32.1 Å². The highest BCUT2D eigenvalue weighted by Gasteiger charge is 2.26. The van der Waals surface area contributed by atoms with Crippen LogP contribution in [-0.2, 0) is 15.4 Å². The number of ether oxygens (including phenoxy) is 1. The largest absolute Gasteiger partial charge is 0.492 e. The average Bonchev–Trinajstić information content (AvgIpc) is 3.50. The van der Waals surface area contributed by atoms with Gasteiger partial charge in [0.05, 0.1) is 49.5 Å². The Morgan fingerprint density at radius 3 is 2.51 bits per heavy atom. The number of benzene rings is 2. The number of sulfonamides is 1. The van der Waals surface area contributed by atoms with Crippen LogP contribution in [0.2, 0.25) is 0 Å². The van der Waals surface area contributed by atoms with Gasteiger partial charge < -0.3 is 14.5 Å². The molecule has 37 heavy (non-hydrogen) atoms. The van der Waals surface area contributed by atoms with E-state index < -0.39 is 10.0 Å². The molecule has 0 spiro atoms. The first-order valence-corrected chi connectivity index (χ1v) is 13.6. The molecule has 1 unspecified atom stereocenters. The van der Waals surface area contributed by atoms with Crippen molar-refractivity contribution in [3.05, 3.63) is 71.2 Å². The van der Waals surface area contributed by atoms with E-state index in [1.165, 1.54) is 7.11 Å². The molecule has 10 nitrogen and oxygen atoms in total. The van der Waals surface area contributed by atoms with Crippen LogP contribution in [-0.4, -0.2) is 34.2 Å². The molecule has 3 aromatic rings. The predicted molar refractivity (Wildman–Crippen MR) is 143 cm³/mol. The van der Waals surface area contributed by atoms with Crippen LogP contribution in [0.5, 0.6) is 5.75 Å². The summed E-state index contributed by atoms with van der Waals surface area (Å²) in [5, 5.41) is 13.3. The van der Waals surface area contributed by atoms with E-state index in [-0.39, 0.29) is 28.8 Å². The van der Waals surface area contributed by atoms with E-state index in [0.29, 0.717) is 17.8 Å². The molecular formula is C26H31N5O5S. The van der Waals surface area contributed by atoms with E-state index in [2.05, 4.69) is 20.4 Å². The number of furan rings is 1. The van der Waals surface area contributed by atoms with Crippen LogP contribution >= 0.6 is 0 Å². The first kappa shape index (κ1) is 26.2. The number of carbonyl (C=O) groups excluding carboxylic acids is 1. The molecule has 0 saturated carbocycles. The van der Waals surface area contributed by atoms with Crippen molar-refractivity contribution in [3.63, 3.8) is 0 Å². The van der Waals surface area contributed by atoms with Crippen molar-refractivity contribution in [1.82, 2.24) is 0 Å². The summed E-state index contributed by atoms with van der Waals surface area (Å²) < 4.78 is 37.2. The second-order valence-electron chi connectivity index (χ2n) is 10.0. The van der Waals surface area contributed by atoms with Crippen molar-refractivity contribution in [1.29, 1.82) is 0 Å². The summed E-state index contributed by atoms with van der Waals surface area (Å²) in [6.45, 7) is 8.46. The minimum atomic E-state index is -3.58. The monoisotopic (exact) mass is 525 g/mol. The number of nitrogens with zero attached hydrogens (tertiary/aromatic N) is 3. The fourth-order valence-electron chi connectivity index (χ4n) is 4.02. The van der Waals surface area contributed by atoms with Crippen molar-refractivity contribution in [2.75, 3.05) is 35.0 Å². The summed E-state index contributed by atoms with van der Waals surface area (Å²) >= 11 is 0. The zero-order valence-electron chi connectivity index (χ0n) is 21.7.